The van der Waals surface area contributed by atoms with Crippen molar-refractivity contribution in [2.75, 3.05) is 42.6 Å². The molecular formula is C31H41ClN6O4S2. The molecule has 3 aliphatic rings. The summed E-state index contributed by atoms with van der Waals surface area (Å²) in [5, 5.41) is 13.0. The predicted molar refractivity (Wildman–Crippen MR) is 178 cm³/mol. The van der Waals surface area contributed by atoms with E-state index in [4.69, 9.17) is 11.6 Å². The van der Waals surface area contributed by atoms with E-state index in [1.807, 2.05) is 41.8 Å². The summed E-state index contributed by atoms with van der Waals surface area (Å²) in [6.45, 7) is 9.91. The van der Waals surface area contributed by atoms with Crippen molar-refractivity contribution in [2.24, 2.45) is 0 Å². The number of nitrogens with zero attached hydrogens (tertiary/aromatic N) is 2. The average molecular weight is 661 g/mol. The number of carbonyl (C=O) groups is 4. The third kappa shape index (κ3) is 7.46. The summed E-state index contributed by atoms with van der Waals surface area (Å²) in [6.07, 6.45) is 3.21. The van der Waals surface area contributed by atoms with Gasteiger partial charge in [0.15, 0.2) is 0 Å². The van der Waals surface area contributed by atoms with Gasteiger partial charge in [-0.25, -0.2) is 9.59 Å². The topological polar surface area (TPSA) is 123 Å². The van der Waals surface area contributed by atoms with Gasteiger partial charge in [-0.15, -0.1) is 11.3 Å². The quantitative estimate of drug-likeness (QED) is 0.215. The SMILES string of the molecule is Cc1cccc(NC(=O)Nc2sc(C(C)(C)C)cc2C(=O)N2CCN(C(=O)CCCC[C@@H]3SC[C@@H]4NC(=O)NC43)CC2)c1Cl. The Balaban J connectivity index is 1.13. The van der Waals surface area contributed by atoms with Gasteiger partial charge in [0.1, 0.15) is 5.00 Å². The fourth-order valence-electron chi connectivity index (χ4n) is 5.77. The van der Waals surface area contributed by atoms with Gasteiger partial charge in [0, 0.05) is 48.5 Å². The lowest BCUT2D eigenvalue weighted by Crippen LogP contribution is -2.50. The van der Waals surface area contributed by atoms with Crippen LogP contribution in [-0.2, 0) is 10.2 Å². The molecule has 1 aromatic heterocycles. The van der Waals surface area contributed by atoms with Gasteiger partial charge in [-0.05, 0) is 42.9 Å². The highest BCUT2D eigenvalue weighted by molar-refractivity contribution is 8.00. The lowest BCUT2D eigenvalue weighted by molar-refractivity contribution is -0.132. The maximum Gasteiger partial charge on any atom is 0.324 e. The average Bonchev–Trinajstić information content (AvgIpc) is 3.67. The smallest absolute Gasteiger partial charge is 0.324 e. The molecule has 0 spiro atoms. The molecular weight excluding hydrogens is 620 g/mol. The van der Waals surface area contributed by atoms with Crippen molar-refractivity contribution in [3.8, 4) is 0 Å². The van der Waals surface area contributed by atoms with Crippen molar-refractivity contribution in [3.05, 3.63) is 45.3 Å². The molecule has 0 bridgehead atoms. The molecule has 3 aliphatic heterocycles. The number of urea groups is 2. The molecule has 238 valence electrons. The van der Waals surface area contributed by atoms with E-state index in [2.05, 4.69) is 42.0 Å². The number of fused-ring (bicyclic) bond motifs is 1. The molecule has 1 unspecified atom stereocenters. The van der Waals surface area contributed by atoms with Crippen LogP contribution in [0.2, 0.25) is 5.02 Å². The van der Waals surface area contributed by atoms with Crippen molar-refractivity contribution >= 4 is 69.3 Å². The summed E-state index contributed by atoms with van der Waals surface area (Å²) in [7, 11) is 0. The number of thiophene rings is 1. The van der Waals surface area contributed by atoms with Crippen LogP contribution >= 0.6 is 34.7 Å². The molecule has 44 heavy (non-hydrogen) atoms. The molecule has 3 fully saturated rings. The molecule has 4 heterocycles. The predicted octanol–water partition coefficient (Wildman–Crippen LogP) is 5.66. The zero-order valence-corrected chi connectivity index (χ0v) is 28.0. The molecule has 3 saturated heterocycles. The number of aryl methyl sites for hydroxylation is 1. The van der Waals surface area contributed by atoms with Crippen LogP contribution in [0.4, 0.5) is 20.3 Å². The monoisotopic (exact) mass is 660 g/mol. The minimum Gasteiger partial charge on any atom is -0.339 e. The van der Waals surface area contributed by atoms with Gasteiger partial charge in [0.25, 0.3) is 5.91 Å². The number of amides is 6. The number of thioether (sulfide) groups is 1. The van der Waals surface area contributed by atoms with Crippen LogP contribution in [0.25, 0.3) is 0 Å². The highest BCUT2D eigenvalue weighted by atomic mass is 35.5. The Morgan fingerprint density at radius 3 is 2.50 bits per heavy atom. The number of carbonyl (C=O) groups excluding carboxylic acids is 4. The van der Waals surface area contributed by atoms with Crippen LogP contribution in [0.1, 0.15) is 67.3 Å². The summed E-state index contributed by atoms with van der Waals surface area (Å²) in [5.74, 6) is 0.893. The number of rotatable bonds is 8. The van der Waals surface area contributed by atoms with Gasteiger partial charge in [0.05, 0.1) is 28.4 Å². The number of piperazine rings is 1. The lowest BCUT2D eigenvalue weighted by atomic mass is 9.94. The van der Waals surface area contributed by atoms with E-state index in [1.54, 1.807) is 11.0 Å². The molecule has 13 heteroatoms. The fraction of sp³-hybridized carbons (Fsp3) is 0.548. The van der Waals surface area contributed by atoms with Crippen LogP contribution in [-0.4, -0.2) is 82.9 Å². The van der Waals surface area contributed by atoms with Crippen molar-refractivity contribution < 1.29 is 19.2 Å². The van der Waals surface area contributed by atoms with Gasteiger partial charge >= 0.3 is 12.1 Å². The highest BCUT2D eigenvalue weighted by Crippen LogP contribution is 2.37. The van der Waals surface area contributed by atoms with Crippen molar-refractivity contribution in [1.82, 2.24) is 20.4 Å². The van der Waals surface area contributed by atoms with Gasteiger partial charge in [-0.2, -0.15) is 11.8 Å². The van der Waals surface area contributed by atoms with Crippen LogP contribution in [0, 0.1) is 6.92 Å². The molecule has 4 N–H and O–H groups in total. The van der Waals surface area contributed by atoms with Crippen LogP contribution < -0.4 is 21.3 Å². The number of halogens is 1. The summed E-state index contributed by atoms with van der Waals surface area (Å²) in [6, 6.07) is 7.14. The molecule has 5 rings (SSSR count). The van der Waals surface area contributed by atoms with Crippen LogP contribution in [0.5, 0.6) is 0 Å². The maximum atomic E-state index is 13.7. The second-order valence-corrected chi connectivity index (χ2v) is 15.4. The molecule has 10 nitrogen and oxygen atoms in total. The Kier molecular flexibility index (Phi) is 10.0. The molecule has 6 amide bonds. The van der Waals surface area contributed by atoms with Crippen LogP contribution in [0.15, 0.2) is 24.3 Å². The Hall–Kier alpha value is -2.96. The number of hydrogen-bond acceptors (Lipinski definition) is 6. The highest BCUT2D eigenvalue weighted by Gasteiger charge is 2.42. The van der Waals surface area contributed by atoms with E-state index >= 15 is 0 Å². The van der Waals surface area contributed by atoms with Gasteiger partial charge in [-0.3, -0.25) is 14.9 Å². The van der Waals surface area contributed by atoms with E-state index in [-0.39, 0.29) is 35.3 Å². The molecule has 3 atom stereocenters. The first-order valence-corrected chi connectivity index (χ1v) is 17.4. The second kappa shape index (κ2) is 13.6. The van der Waals surface area contributed by atoms with Gasteiger partial charge < -0.3 is 25.8 Å². The van der Waals surface area contributed by atoms with E-state index in [0.29, 0.717) is 59.1 Å². The zero-order chi connectivity index (χ0) is 31.6. The Morgan fingerprint density at radius 1 is 1.05 bits per heavy atom. The summed E-state index contributed by atoms with van der Waals surface area (Å²) < 4.78 is 0. The summed E-state index contributed by atoms with van der Waals surface area (Å²) in [4.78, 5) is 55.8. The van der Waals surface area contributed by atoms with Crippen molar-refractivity contribution in [3.63, 3.8) is 0 Å². The first-order chi connectivity index (χ1) is 20.9. The number of unbranched alkanes of at least 4 members (excludes halogenated alkanes) is 1. The van der Waals surface area contributed by atoms with Crippen molar-refractivity contribution in [2.45, 2.75) is 76.1 Å². The molecule has 2 aromatic rings. The number of anilines is 2. The van der Waals surface area contributed by atoms with E-state index in [1.165, 1.54) is 11.3 Å². The molecule has 0 aliphatic carbocycles. The van der Waals surface area contributed by atoms with Crippen molar-refractivity contribution in [1.29, 1.82) is 0 Å². The normalized spacial score (nSPS) is 21.5. The molecule has 0 radical (unpaired) electrons. The van der Waals surface area contributed by atoms with E-state index in [9.17, 15) is 19.2 Å². The van der Waals surface area contributed by atoms with Crippen LogP contribution in [0.3, 0.4) is 0 Å². The van der Waals surface area contributed by atoms with E-state index < -0.39 is 6.03 Å². The first-order valence-electron chi connectivity index (χ1n) is 15.1. The molecule has 0 saturated carbocycles. The van der Waals surface area contributed by atoms with Gasteiger partial charge in [-0.1, -0.05) is 50.9 Å². The zero-order valence-electron chi connectivity index (χ0n) is 25.6. The fourth-order valence-corrected chi connectivity index (χ4v) is 8.58. The third-order valence-electron chi connectivity index (χ3n) is 8.36. The summed E-state index contributed by atoms with van der Waals surface area (Å²) >= 11 is 9.65. The standard InChI is InChI=1S/C31H41ClN6O4S2/c1-18-8-7-9-20(25(18)32)33-30(42)36-27-19(16-23(44-27)31(2,3)4)28(40)38-14-12-37(13-15-38)24(39)11-6-5-10-22-26-21(17-43-22)34-29(41)35-26/h7-9,16,21-22,26H,5-6,10-15,17H2,1-4H3,(H2,33,36,42)(H2,34,35,41)/t21-,22-,26?/m0/s1. The third-order valence-corrected chi connectivity index (χ3v) is 11.8. The van der Waals surface area contributed by atoms with E-state index in [0.717, 1.165) is 35.5 Å². The largest absolute Gasteiger partial charge is 0.339 e. The van der Waals surface area contributed by atoms with Gasteiger partial charge in [0.2, 0.25) is 5.91 Å². The number of benzene rings is 1. The summed E-state index contributed by atoms with van der Waals surface area (Å²) in [5.41, 5.74) is 1.59. The Labute approximate surface area is 272 Å². The minimum atomic E-state index is -0.472. The second-order valence-electron chi connectivity index (χ2n) is 12.7. The number of hydrogen-bond donors (Lipinski definition) is 4. The first kappa shape index (κ1) is 32.4. The Bertz CT molecular complexity index is 1420. The number of nitrogens with one attached hydrogen (secondary N) is 4. The Morgan fingerprint density at radius 2 is 1.77 bits per heavy atom. The maximum absolute atomic E-state index is 13.7. The molecule has 1 aromatic carbocycles. The lowest BCUT2D eigenvalue weighted by Gasteiger charge is -2.35. The minimum absolute atomic E-state index is 0.0757.